The van der Waals surface area contributed by atoms with E-state index in [0.717, 1.165) is 37.7 Å². The van der Waals surface area contributed by atoms with Crippen molar-refractivity contribution in [2.75, 3.05) is 40.3 Å². The van der Waals surface area contributed by atoms with Crippen LogP contribution in [0.3, 0.4) is 0 Å². The van der Waals surface area contributed by atoms with Crippen LogP contribution in [0.1, 0.15) is 36.6 Å². The van der Waals surface area contributed by atoms with Crippen molar-refractivity contribution >= 4 is 0 Å². The van der Waals surface area contributed by atoms with Gasteiger partial charge in [0.15, 0.2) is 0 Å². The molecule has 1 aromatic carbocycles. The zero-order chi connectivity index (χ0) is 19.9. The summed E-state index contributed by atoms with van der Waals surface area (Å²) < 4.78 is 7.52. The van der Waals surface area contributed by atoms with Crippen molar-refractivity contribution in [2.45, 2.75) is 46.2 Å². The minimum Gasteiger partial charge on any atom is -0.496 e. The van der Waals surface area contributed by atoms with E-state index in [9.17, 15) is 0 Å². The molecule has 0 aliphatic carbocycles. The first-order chi connectivity index (χ1) is 13.6. The molecule has 0 N–H and O–H groups in total. The average molecular weight is 385 g/mol. The van der Waals surface area contributed by atoms with Crippen LogP contribution < -0.4 is 4.74 Å². The Morgan fingerprint density at radius 2 is 1.93 bits per heavy atom. The zero-order valence-corrected chi connectivity index (χ0v) is 18.0. The molecule has 3 rings (SSSR count). The number of nitrogens with zero attached hydrogens (tertiary/aromatic N) is 4. The largest absolute Gasteiger partial charge is 0.496 e. The molecule has 1 saturated heterocycles. The van der Waals surface area contributed by atoms with Crippen LogP contribution >= 0.6 is 0 Å². The predicted molar refractivity (Wildman–Crippen MR) is 115 cm³/mol. The SMILES string of the molecule is CCn1cc(CN(C)CC2CCN(CCc3ccccc3OC)CC2)c(C)n1. The first kappa shape index (κ1) is 20.9. The van der Waals surface area contributed by atoms with Crippen molar-refractivity contribution in [3.8, 4) is 5.75 Å². The van der Waals surface area contributed by atoms with Gasteiger partial charge in [-0.3, -0.25) is 4.68 Å². The van der Waals surface area contributed by atoms with Crippen LogP contribution in [-0.4, -0.2) is 59.9 Å². The van der Waals surface area contributed by atoms with Gasteiger partial charge in [-0.05, 0) is 70.8 Å². The molecule has 0 saturated carbocycles. The second-order valence-electron chi connectivity index (χ2n) is 8.14. The van der Waals surface area contributed by atoms with Crippen molar-refractivity contribution in [1.82, 2.24) is 19.6 Å². The van der Waals surface area contributed by atoms with E-state index in [-0.39, 0.29) is 0 Å². The first-order valence-corrected chi connectivity index (χ1v) is 10.6. The summed E-state index contributed by atoms with van der Waals surface area (Å²) in [5.74, 6) is 1.81. The zero-order valence-electron chi connectivity index (χ0n) is 18.0. The first-order valence-electron chi connectivity index (χ1n) is 10.6. The van der Waals surface area contributed by atoms with Crippen molar-refractivity contribution in [3.05, 3.63) is 47.3 Å². The smallest absolute Gasteiger partial charge is 0.122 e. The number of likely N-dealkylation sites (tertiary alicyclic amines) is 1. The normalized spacial score (nSPS) is 16.0. The van der Waals surface area contributed by atoms with Crippen molar-refractivity contribution in [1.29, 1.82) is 0 Å². The summed E-state index contributed by atoms with van der Waals surface area (Å²) >= 11 is 0. The molecule has 1 aliphatic rings. The number of hydrogen-bond donors (Lipinski definition) is 0. The lowest BCUT2D eigenvalue weighted by atomic mass is 9.95. The number of rotatable bonds is 9. The van der Waals surface area contributed by atoms with Crippen LogP contribution in [0, 0.1) is 12.8 Å². The highest BCUT2D eigenvalue weighted by Crippen LogP contribution is 2.22. The molecule has 0 unspecified atom stereocenters. The number of para-hydroxylation sites is 1. The fraction of sp³-hybridized carbons (Fsp3) is 0.609. The molecular formula is C23H36N4O. The number of aromatic nitrogens is 2. The van der Waals surface area contributed by atoms with E-state index in [0.29, 0.717) is 0 Å². The molecule has 28 heavy (non-hydrogen) atoms. The summed E-state index contributed by atoms with van der Waals surface area (Å²) in [5, 5.41) is 4.57. The number of aryl methyl sites for hydroxylation is 2. The van der Waals surface area contributed by atoms with Gasteiger partial charge in [0, 0.05) is 37.9 Å². The summed E-state index contributed by atoms with van der Waals surface area (Å²) in [4.78, 5) is 5.08. The van der Waals surface area contributed by atoms with Gasteiger partial charge >= 0.3 is 0 Å². The van der Waals surface area contributed by atoms with Crippen LogP contribution in [0.4, 0.5) is 0 Å². The van der Waals surface area contributed by atoms with Crippen LogP contribution in [0.25, 0.3) is 0 Å². The van der Waals surface area contributed by atoms with E-state index in [4.69, 9.17) is 4.74 Å². The maximum absolute atomic E-state index is 5.48. The lowest BCUT2D eigenvalue weighted by Gasteiger charge is -2.34. The third-order valence-corrected chi connectivity index (χ3v) is 5.98. The molecule has 0 bridgehead atoms. The molecule has 5 heteroatoms. The van der Waals surface area contributed by atoms with Crippen molar-refractivity contribution in [2.24, 2.45) is 5.92 Å². The minimum atomic E-state index is 0.800. The third kappa shape index (κ3) is 5.58. The summed E-state index contributed by atoms with van der Waals surface area (Å²) in [7, 11) is 4.01. The van der Waals surface area contributed by atoms with E-state index in [1.807, 2.05) is 10.7 Å². The van der Waals surface area contributed by atoms with Crippen LogP contribution in [0.5, 0.6) is 5.75 Å². The number of benzene rings is 1. The maximum atomic E-state index is 5.48. The second-order valence-corrected chi connectivity index (χ2v) is 8.14. The lowest BCUT2D eigenvalue weighted by molar-refractivity contribution is 0.153. The molecule has 0 radical (unpaired) electrons. The Balaban J connectivity index is 1.40. The Morgan fingerprint density at radius 3 is 2.61 bits per heavy atom. The molecular weight excluding hydrogens is 348 g/mol. The van der Waals surface area contributed by atoms with Crippen LogP contribution in [0.2, 0.25) is 0 Å². The van der Waals surface area contributed by atoms with Gasteiger partial charge in [-0.15, -0.1) is 0 Å². The molecule has 2 heterocycles. The monoisotopic (exact) mass is 384 g/mol. The summed E-state index contributed by atoms with van der Waals surface area (Å²) in [6, 6.07) is 8.39. The van der Waals surface area contributed by atoms with Crippen LogP contribution in [-0.2, 0) is 19.5 Å². The van der Waals surface area contributed by atoms with Gasteiger partial charge in [-0.25, -0.2) is 0 Å². The van der Waals surface area contributed by atoms with E-state index < -0.39 is 0 Å². The highest BCUT2D eigenvalue weighted by molar-refractivity contribution is 5.33. The van der Waals surface area contributed by atoms with Crippen molar-refractivity contribution in [3.63, 3.8) is 0 Å². The Labute approximate surface area is 170 Å². The molecule has 1 fully saturated rings. The second kappa shape index (κ2) is 10.1. The number of ether oxygens (including phenoxy) is 1. The molecule has 0 amide bonds. The topological polar surface area (TPSA) is 33.5 Å². The lowest BCUT2D eigenvalue weighted by Crippen LogP contribution is -2.38. The van der Waals surface area contributed by atoms with Gasteiger partial charge in [-0.1, -0.05) is 18.2 Å². The van der Waals surface area contributed by atoms with E-state index in [2.05, 4.69) is 60.2 Å². The minimum absolute atomic E-state index is 0.800. The molecule has 154 valence electrons. The van der Waals surface area contributed by atoms with Gasteiger partial charge < -0.3 is 14.5 Å². The fourth-order valence-electron chi connectivity index (χ4n) is 4.25. The standard InChI is InChI=1S/C23H36N4O/c1-5-27-18-22(19(2)24-27)17-25(3)16-20-10-13-26(14-11-20)15-12-21-8-6-7-9-23(21)28-4/h6-9,18,20H,5,10-17H2,1-4H3. The molecule has 5 nitrogen and oxygen atoms in total. The quantitative estimate of drug-likeness (QED) is 0.661. The molecule has 0 spiro atoms. The summed E-state index contributed by atoms with van der Waals surface area (Å²) in [6.45, 7) is 10.9. The number of hydrogen-bond acceptors (Lipinski definition) is 4. The van der Waals surface area contributed by atoms with Gasteiger partial charge in [0.05, 0.1) is 12.8 Å². The molecule has 2 aromatic rings. The Morgan fingerprint density at radius 1 is 1.18 bits per heavy atom. The summed E-state index contributed by atoms with van der Waals surface area (Å²) in [5.41, 5.74) is 3.84. The van der Waals surface area contributed by atoms with Crippen molar-refractivity contribution < 1.29 is 4.74 Å². The number of methoxy groups -OCH3 is 1. The third-order valence-electron chi connectivity index (χ3n) is 5.98. The van der Waals surface area contributed by atoms with Crippen LogP contribution in [0.15, 0.2) is 30.5 Å². The Hall–Kier alpha value is -1.85. The maximum Gasteiger partial charge on any atom is 0.122 e. The fourth-order valence-corrected chi connectivity index (χ4v) is 4.25. The van der Waals surface area contributed by atoms with Gasteiger partial charge in [0.1, 0.15) is 5.75 Å². The molecule has 1 aliphatic heterocycles. The van der Waals surface area contributed by atoms with Gasteiger partial charge in [0.25, 0.3) is 0 Å². The van der Waals surface area contributed by atoms with E-state index in [1.54, 1.807) is 7.11 Å². The molecule has 1 aromatic heterocycles. The predicted octanol–water partition coefficient (Wildman–Crippen LogP) is 3.61. The Kier molecular flexibility index (Phi) is 7.51. The number of piperidine rings is 1. The van der Waals surface area contributed by atoms with E-state index in [1.165, 1.54) is 49.3 Å². The Bertz CT molecular complexity index is 734. The van der Waals surface area contributed by atoms with Gasteiger partial charge in [-0.2, -0.15) is 5.10 Å². The molecule has 0 atom stereocenters. The highest BCUT2D eigenvalue weighted by atomic mass is 16.5. The highest BCUT2D eigenvalue weighted by Gasteiger charge is 2.21. The van der Waals surface area contributed by atoms with E-state index >= 15 is 0 Å². The average Bonchev–Trinajstić information content (AvgIpc) is 3.07. The van der Waals surface area contributed by atoms with Gasteiger partial charge in [0.2, 0.25) is 0 Å². The summed E-state index contributed by atoms with van der Waals surface area (Å²) in [6.07, 6.45) is 5.86.